The molecule has 8 heteroatoms. The van der Waals surface area contributed by atoms with Crippen LogP contribution < -0.4 is 15.1 Å². The van der Waals surface area contributed by atoms with Crippen LogP contribution in [0.5, 0.6) is 5.75 Å². The van der Waals surface area contributed by atoms with E-state index in [0.717, 1.165) is 11.1 Å². The van der Waals surface area contributed by atoms with Gasteiger partial charge in [0.25, 0.3) is 5.91 Å². The monoisotopic (exact) mass is 419 g/mol. The number of aryl methyl sites for hydroxylation is 1. The average Bonchev–Trinajstić information content (AvgIpc) is 3.36. The summed E-state index contributed by atoms with van der Waals surface area (Å²) in [6.45, 7) is 4.32. The number of nitrogens with zero attached hydrogens (tertiary/aromatic N) is 3. The Balaban J connectivity index is 1.80. The molecule has 150 valence electrons. The Bertz CT molecular complexity index is 1330. The number of ether oxygens (including phenoxy) is 1. The van der Waals surface area contributed by atoms with Crippen LogP contribution in [0.2, 0.25) is 0 Å². The molecule has 0 saturated carbocycles. The summed E-state index contributed by atoms with van der Waals surface area (Å²) in [5.74, 6) is 0.292. The number of hydrogen-bond acceptors (Lipinski definition) is 7. The highest BCUT2D eigenvalue weighted by molar-refractivity contribution is 7.13. The van der Waals surface area contributed by atoms with Crippen molar-refractivity contribution in [3.05, 3.63) is 80.6 Å². The summed E-state index contributed by atoms with van der Waals surface area (Å²) in [6, 6.07) is 12.1. The second kappa shape index (κ2) is 7.07. The van der Waals surface area contributed by atoms with Crippen molar-refractivity contribution in [2.24, 2.45) is 0 Å². The van der Waals surface area contributed by atoms with Crippen molar-refractivity contribution in [3.63, 3.8) is 0 Å². The third-order valence-corrected chi connectivity index (χ3v) is 5.75. The molecule has 0 spiro atoms. The molecule has 0 saturated heterocycles. The second-order valence-electron chi connectivity index (χ2n) is 6.98. The number of carbonyl (C=O) groups excluding carboxylic acids is 1. The zero-order valence-corrected chi connectivity index (χ0v) is 17.1. The number of benzene rings is 2. The lowest BCUT2D eigenvalue weighted by Gasteiger charge is -2.22. The van der Waals surface area contributed by atoms with E-state index in [2.05, 4.69) is 10.2 Å². The Kier molecular flexibility index (Phi) is 4.36. The Labute approximate surface area is 175 Å². The summed E-state index contributed by atoms with van der Waals surface area (Å²) in [4.78, 5) is 28.4. The topological polar surface area (TPSA) is 85.5 Å². The van der Waals surface area contributed by atoms with Gasteiger partial charge in [-0.25, -0.2) is 0 Å². The lowest BCUT2D eigenvalue weighted by molar-refractivity contribution is 0.0970. The van der Waals surface area contributed by atoms with E-state index in [1.807, 2.05) is 44.2 Å². The third kappa shape index (κ3) is 2.80. The molecule has 5 rings (SSSR count). The average molecular weight is 419 g/mol. The highest BCUT2D eigenvalue weighted by Gasteiger charge is 2.45. The lowest BCUT2D eigenvalue weighted by atomic mass is 9.98. The fraction of sp³-hybridized carbons (Fsp3) is 0.182. The molecule has 0 radical (unpaired) electrons. The first-order valence-electron chi connectivity index (χ1n) is 9.48. The molecule has 0 N–H and O–H groups in total. The minimum Gasteiger partial charge on any atom is -0.494 e. The van der Waals surface area contributed by atoms with Crippen LogP contribution in [0.4, 0.5) is 5.13 Å². The van der Waals surface area contributed by atoms with Crippen molar-refractivity contribution in [1.82, 2.24) is 10.2 Å². The molecule has 7 nitrogen and oxygen atoms in total. The van der Waals surface area contributed by atoms with Crippen molar-refractivity contribution in [1.29, 1.82) is 0 Å². The van der Waals surface area contributed by atoms with Crippen LogP contribution >= 0.6 is 11.3 Å². The maximum absolute atomic E-state index is 13.5. The van der Waals surface area contributed by atoms with E-state index in [-0.39, 0.29) is 11.2 Å². The van der Waals surface area contributed by atoms with Crippen LogP contribution in [0, 0.1) is 6.92 Å². The van der Waals surface area contributed by atoms with E-state index in [0.29, 0.717) is 34.0 Å². The summed E-state index contributed by atoms with van der Waals surface area (Å²) in [7, 11) is 0. The molecule has 3 heterocycles. The van der Waals surface area contributed by atoms with Gasteiger partial charge in [-0.2, -0.15) is 0 Å². The molecule has 0 bridgehead atoms. The molecule has 2 aromatic heterocycles. The number of rotatable bonds is 4. The molecule has 0 unspecified atom stereocenters. The zero-order valence-electron chi connectivity index (χ0n) is 16.3. The van der Waals surface area contributed by atoms with Gasteiger partial charge in [-0.3, -0.25) is 14.5 Å². The minimum atomic E-state index is -0.679. The maximum Gasteiger partial charge on any atom is 0.297 e. The maximum atomic E-state index is 13.5. The predicted molar refractivity (Wildman–Crippen MR) is 113 cm³/mol. The van der Waals surface area contributed by atoms with E-state index < -0.39 is 11.9 Å². The van der Waals surface area contributed by atoms with E-state index in [1.165, 1.54) is 16.2 Å². The van der Waals surface area contributed by atoms with Gasteiger partial charge in [0.1, 0.15) is 16.8 Å². The highest BCUT2D eigenvalue weighted by atomic mass is 32.1. The Morgan fingerprint density at radius 1 is 1.20 bits per heavy atom. The molecule has 30 heavy (non-hydrogen) atoms. The number of fused-ring (bicyclic) bond motifs is 2. The predicted octanol–water partition coefficient (Wildman–Crippen LogP) is 4.10. The van der Waals surface area contributed by atoms with Gasteiger partial charge in [0.05, 0.1) is 23.6 Å². The van der Waals surface area contributed by atoms with Crippen LogP contribution in [0.25, 0.3) is 11.0 Å². The number of hydrogen-bond donors (Lipinski definition) is 0. The quantitative estimate of drug-likeness (QED) is 0.495. The smallest absolute Gasteiger partial charge is 0.297 e. The van der Waals surface area contributed by atoms with E-state index in [1.54, 1.807) is 17.6 Å². The first kappa shape index (κ1) is 18.5. The van der Waals surface area contributed by atoms with Gasteiger partial charge < -0.3 is 9.15 Å². The van der Waals surface area contributed by atoms with Gasteiger partial charge in [-0.15, -0.1) is 10.2 Å². The normalized spacial score (nSPS) is 15.6. The van der Waals surface area contributed by atoms with Gasteiger partial charge >= 0.3 is 0 Å². The molecule has 0 aliphatic carbocycles. The first-order valence-corrected chi connectivity index (χ1v) is 10.4. The van der Waals surface area contributed by atoms with Gasteiger partial charge in [-0.05, 0) is 43.7 Å². The largest absolute Gasteiger partial charge is 0.494 e. The second-order valence-corrected chi connectivity index (χ2v) is 7.79. The molecular formula is C22H17N3O4S. The van der Waals surface area contributed by atoms with Crippen molar-refractivity contribution in [2.45, 2.75) is 19.9 Å². The molecule has 1 aliphatic heterocycles. The molecule has 4 aromatic rings. The van der Waals surface area contributed by atoms with Crippen molar-refractivity contribution < 1.29 is 13.9 Å². The van der Waals surface area contributed by atoms with Gasteiger partial charge in [0.15, 0.2) is 5.43 Å². The summed E-state index contributed by atoms with van der Waals surface area (Å²) in [6.07, 6.45) is 0. The molecule has 2 aromatic carbocycles. The fourth-order valence-electron chi connectivity index (χ4n) is 3.81. The number of anilines is 1. The Morgan fingerprint density at radius 3 is 2.83 bits per heavy atom. The third-order valence-electron chi connectivity index (χ3n) is 5.07. The fourth-order valence-corrected chi connectivity index (χ4v) is 4.40. The van der Waals surface area contributed by atoms with Crippen LogP contribution in [0.1, 0.15) is 40.2 Å². The summed E-state index contributed by atoms with van der Waals surface area (Å²) < 4.78 is 11.6. The first-order chi connectivity index (χ1) is 14.6. The van der Waals surface area contributed by atoms with Gasteiger partial charge in [-0.1, -0.05) is 35.1 Å². The van der Waals surface area contributed by atoms with E-state index in [9.17, 15) is 9.59 Å². The van der Waals surface area contributed by atoms with Crippen LogP contribution in [-0.2, 0) is 0 Å². The van der Waals surface area contributed by atoms with Gasteiger partial charge in [0, 0.05) is 0 Å². The Morgan fingerprint density at radius 2 is 2.07 bits per heavy atom. The number of carbonyl (C=O) groups is 1. The van der Waals surface area contributed by atoms with E-state index in [4.69, 9.17) is 9.15 Å². The minimum absolute atomic E-state index is 0.0402. The SMILES string of the molecule is CCOc1cccc([C@@H]2c3c(oc4ccc(C)cc4c3=O)C(=O)N2c2nncs2)c1. The van der Waals surface area contributed by atoms with Crippen LogP contribution in [0.15, 0.2) is 57.2 Å². The molecule has 1 aliphatic rings. The summed E-state index contributed by atoms with van der Waals surface area (Å²) in [5.41, 5.74) is 3.70. The standard InChI is InChI=1S/C22H17N3O4S/c1-3-28-14-6-4-5-13(10-14)18-17-19(26)15-9-12(2)7-8-16(15)29-20(17)21(27)25(18)22-24-23-11-30-22/h4-11,18H,3H2,1-2H3/t18-/m1/s1. The van der Waals surface area contributed by atoms with Gasteiger partial charge in [0.2, 0.25) is 10.9 Å². The summed E-state index contributed by atoms with van der Waals surface area (Å²) >= 11 is 1.23. The molecule has 0 fully saturated rings. The number of amides is 1. The summed E-state index contributed by atoms with van der Waals surface area (Å²) in [5, 5.41) is 8.80. The van der Waals surface area contributed by atoms with Crippen molar-refractivity contribution in [2.75, 3.05) is 11.5 Å². The molecular weight excluding hydrogens is 402 g/mol. The van der Waals surface area contributed by atoms with E-state index >= 15 is 0 Å². The van der Waals surface area contributed by atoms with Crippen molar-refractivity contribution in [3.8, 4) is 5.75 Å². The zero-order chi connectivity index (χ0) is 20.8. The van der Waals surface area contributed by atoms with Crippen LogP contribution in [0.3, 0.4) is 0 Å². The number of aromatic nitrogens is 2. The van der Waals surface area contributed by atoms with Crippen LogP contribution in [-0.4, -0.2) is 22.7 Å². The lowest BCUT2D eigenvalue weighted by Crippen LogP contribution is -2.29. The molecule has 1 atom stereocenters. The highest BCUT2D eigenvalue weighted by Crippen LogP contribution is 2.42. The molecule has 1 amide bonds. The van der Waals surface area contributed by atoms with Crippen molar-refractivity contribution >= 4 is 33.3 Å². The Hall–Kier alpha value is -3.52.